The molecule has 1 aromatic carbocycles. The predicted molar refractivity (Wildman–Crippen MR) is 79.2 cm³/mol. The minimum atomic E-state index is -0.860. The highest BCUT2D eigenvalue weighted by molar-refractivity contribution is 6.30. The molecule has 2 rings (SSSR count). The van der Waals surface area contributed by atoms with Crippen molar-refractivity contribution in [1.29, 1.82) is 0 Å². The number of aromatic nitrogens is 1. The third-order valence-electron chi connectivity index (χ3n) is 2.88. The third kappa shape index (κ3) is 4.24. The van der Waals surface area contributed by atoms with Gasteiger partial charge in [0.25, 0.3) is 0 Å². The largest absolute Gasteiger partial charge is 0.480 e. The van der Waals surface area contributed by atoms with Crippen LogP contribution in [0.3, 0.4) is 0 Å². The van der Waals surface area contributed by atoms with Gasteiger partial charge in [0.15, 0.2) is 0 Å². The van der Waals surface area contributed by atoms with E-state index in [1.165, 1.54) is 0 Å². The zero-order chi connectivity index (χ0) is 14.4. The molecule has 0 unspecified atom stereocenters. The van der Waals surface area contributed by atoms with Crippen LogP contribution in [0.2, 0.25) is 5.02 Å². The molecule has 2 aromatic rings. The minimum Gasteiger partial charge on any atom is -0.480 e. The summed E-state index contributed by atoms with van der Waals surface area (Å²) >= 11 is 5.85. The molecule has 1 N–H and O–H groups in total. The van der Waals surface area contributed by atoms with Crippen molar-refractivity contribution < 1.29 is 9.90 Å². The molecule has 1 aromatic heterocycles. The Labute approximate surface area is 122 Å². The Bertz CT molecular complexity index is 558. The second-order valence-electron chi connectivity index (χ2n) is 4.36. The number of hydrogen-bond acceptors (Lipinski definition) is 3. The summed E-state index contributed by atoms with van der Waals surface area (Å²) in [6, 6.07) is 12.9. The molecule has 0 saturated heterocycles. The number of nitrogens with zero attached hydrogens (tertiary/aromatic N) is 2. The molecule has 20 heavy (non-hydrogen) atoms. The highest BCUT2D eigenvalue weighted by Crippen LogP contribution is 2.18. The molecule has 0 bridgehead atoms. The lowest BCUT2D eigenvalue weighted by Gasteiger charge is -2.22. The molecule has 0 aliphatic carbocycles. The summed E-state index contributed by atoms with van der Waals surface area (Å²) in [5.41, 5.74) is 1.78. The third-order valence-corrected chi connectivity index (χ3v) is 3.13. The van der Waals surface area contributed by atoms with Gasteiger partial charge in [-0.05, 0) is 36.4 Å². The number of hydrogen-bond donors (Lipinski definition) is 1. The van der Waals surface area contributed by atoms with E-state index in [-0.39, 0.29) is 6.54 Å². The predicted octanol–water partition coefficient (Wildman–Crippen LogP) is 2.87. The Morgan fingerprint density at radius 2 is 1.95 bits per heavy atom. The number of aliphatic carboxylic acids is 1. The number of halogens is 1. The molecule has 0 radical (unpaired) electrons. The van der Waals surface area contributed by atoms with Gasteiger partial charge in [0.2, 0.25) is 0 Å². The van der Waals surface area contributed by atoms with Crippen LogP contribution in [-0.4, -0.2) is 29.1 Å². The van der Waals surface area contributed by atoms with E-state index in [9.17, 15) is 4.79 Å². The first-order valence-electron chi connectivity index (χ1n) is 6.27. The molecule has 0 fully saturated rings. The number of pyridine rings is 1. The van der Waals surface area contributed by atoms with Crippen molar-refractivity contribution in [3.63, 3.8) is 0 Å². The summed E-state index contributed by atoms with van der Waals surface area (Å²) in [6.45, 7) is 0.541. The average molecular weight is 291 g/mol. The van der Waals surface area contributed by atoms with Gasteiger partial charge in [0.1, 0.15) is 6.54 Å². The quantitative estimate of drug-likeness (QED) is 0.889. The summed E-state index contributed by atoms with van der Waals surface area (Å²) in [6.07, 6.45) is 2.43. The Morgan fingerprint density at radius 1 is 1.20 bits per heavy atom. The lowest BCUT2D eigenvalue weighted by atomic mass is 10.2. The van der Waals surface area contributed by atoms with E-state index in [2.05, 4.69) is 4.98 Å². The van der Waals surface area contributed by atoms with Crippen molar-refractivity contribution in [2.45, 2.75) is 6.42 Å². The van der Waals surface area contributed by atoms with Gasteiger partial charge in [0.05, 0.1) is 0 Å². The SMILES string of the molecule is O=C(O)CN(CCc1ccccn1)c1ccc(Cl)cc1. The normalized spacial score (nSPS) is 10.2. The number of anilines is 1. The second-order valence-corrected chi connectivity index (χ2v) is 4.80. The van der Waals surface area contributed by atoms with Crippen LogP contribution in [0, 0.1) is 0 Å². The van der Waals surface area contributed by atoms with Gasteiger partial charge in [-0.3, -0.25) is 9.78 Å². The van der Waals surface area contributed by atoms with Gasteiger partial charge in [0, 0.05) is 35.6 Å². The number of carboxylic acids is 1. The van der Waals surface area contributed by atoms with Crippen LogP contribution < -0.4 is 4.90 Å². The first-order valence-corrected chi connectivity index (χ1v) is 6.65. The molecule has 5 heteroatoms. The first kappa shape index (κ1) is 14.3. The van der Waals surface area contributed by atoms with E-state index >= 15 is 0 Å². The van der Waals surface area contributed by atoms with Gasteiger partial charge in [-0.1, -0.05) is 17.7 Å². The summed E-state index contributed by atoms with van der Waals surface area (Å²) in [4.78, 5) is 17.0. The van der Waals surface area contributed by atoms with Crippen molar-refractivity contribution in [2.24, 2.45) is 0 Å². The minimum absolute atomic E-state index is 0.0472. The first-order chi connectivity index (χ1) is 9.65. The van der Waals surface area contributed by atoms with Crippen molar-refractivity contribution in [1.82, 2.24) is 4.98 Å². The summed E-state index contributed by atoms with van der Waals surface area (Å²) in [5.74, 6) is -0.860. The lowest BCUT2D eigenvalue weighted by Crippen LogP contribution is -2.31. The van der Waals surface area contributed by atoms with Gasteiger partial charge < -0.3 is 10.0 Å². The summed E-state index contributed by atoms with van der Waals surface area (Å²) < 4.78 is 0. The van der Waals surface area contributed by atoms with Gasteiger partial charge in [-0.15, -0.1) is 0 Å². The lowest BCUT2D eigenvalue weighted by molar-refractivity contribution is -0.135. The van der Waals surface area contributed by atoms with Crippen molar-refractivity contribution in [2.75, 3.05) is 18.0 Å². The van der Waals surface area contributed by atoms with Crippen LogP contribution in [0.15, 0.2) is 48.7 Å². The Morgan fingerprint density at radius 3 is 2.55 bits per heavy atom. The maximum atomic E-state index is 11.0. The van der Waals surface area contributed by atoms with Crippen LogP contribution in [0.5, 0.6) is 0 Å². The standard InChI is InChI=1S/C15H15ClN2O2/c16-12-4-6-14(7-5-12)18(11-15(19)20)10-8-13-3-1-2-9-17-13/h1-7,9H,8,10-11H2,(H,19,20). The Balaban J connectivity index is 2.07. The maximum Gasteiger partial charge on any atom is 0.323 e. The molecular weight excluding hydrogens is 276 g/mol. The van der Waals surface area contributed by atoms with E-state index in [1.54, 1.807) is 23.2 Å². The topological polar surface area (TPSA) is 53.4 Å². The molecule has 0 saturated carbocycles. The van der Waals surface area contributed by atoms with Crippen LogP contribution in [0.4, 0.5) is 5.69 Å². The van der Waals surface area contributed by atoms with Crippen molar-refractivity contribution >= 4 is 23.3 Å². The fourth-order valence-corrected chi connectivity index (χ4v) is 2.04. The zero-order valence-corrected chi connectivity index (χ0v) is 11.6. The molecule has 4 nitrogen and oxygen atoms in total. The number of benzene rings is 1. The fourth-order valence-electron chi connectivity index (χ4n) is 1.91. The number of rotatable bonds is 6. The molecule has 104 valence electrons. The molecule has 0 aliphatic rings. The maximum absolute atomic E-state index is 11.0. The second kappa shape index (κ2) is 6.91. The highest BCUT2D eigenvalue weighted by Gasteiger charge is 2.11. The van der Waals surface area contributed by atoms with Gasteiger partial charge >= 0.3 is 5.97 Å². The summed E-state index contributed by atoms with van der Waals surface area (Å²) in [7, 11) is 0. The van der Waals surface area contributed by atoms with Crippen molar-refractivity contribution in [3.8, 4) is 0 Å². The fraction of sp³-hybridized carbons (Fsp3) is 0.200. The van der Waals surface area contributed by atoms with E-state index in [0.29, 0.717) is 18.0 Å². The smallest absolute Gasteiger partial charge is 0.323 e. The molecular formula is C15H15ClN2O2. The van der Waals surface area contributed by atoms with Gasteiger partial charge in [-0.2, -0.15) is 0 Å². The van der Waals surface area contributed by atoms with Gasteiger partial charge in [-0.25, -0.2) is 0 Å². The van der Waals surface area contributed by atoms with E-state index in [4.69, 9.17) is 16.7 Å². The highest BCUT2D eigenvalue weighted by atomic mass is 35.5. The van der Waals surface area contributed by atoms with Crippen LogP contribution in [0.1, 0.15) is 5.69 Å². The molecule has 0 spiro atoms. The summed E-state index contributed by atoms with van der Waals surface area (Å²) in [5, 5.41) is 9.65. The Kier molecular flexibility index (Phi) is 4.96. The zero-order valence-electron chi connectivity index (χ0n) is 10.9. The van der Waals surface area contributed by atoms with Crippen molar-refractivity contribution in [3.05, 3.63) is 59.4 Å². The Hall–Kier alpha value is -2.07. The monoisotopic (exact) mass is 290 g/mol. The molecule has 0 aliphatic heterocycles. The van der Waals surface area contributed by atoms with Crippen LogP contribution >= 0.6 is 11.6 Å². The number of carbonyl (C=O) groups is 1. The molecule has 0 amide bonds. The average Bonchev–Trinajstić information content (AvgIpc) is 2.45. The number of carboxylic acid groups (broad SMARTS) is 1. The van der Waals surface area contributed by atoms with Crippen LogP contribution in [-0.2, 0) is 11.2 Å². The van der Waals surface area contributed by atoms with E-state index < -0.39 is 5.97 Å². The molecule has 1 heterocycles. The van der Waals surface area contributed by atoms with Crippen LogP contribution in [0.25, 0.3) is 0 Å². The van der Waals surface area contributed by atoms with E-state index in [0.717, 1.165) is 11.4 Å². The van der Waals surface area contributed by atoms with E-state index in [1.807, 2.05) is 30.3 Å². The molecule has 0 atom stereocenters.